The molecule has 0 aliphatic carbocycles. The predicted octanol–water partition coefficient (Wildman–Crippen LogP) is 2.06. The molecule has 1 amide bonds. The molecule has 2 aromatic carbocycles. The summed E-state index contributed by atoms with van der Waals surface area (Å²) in [7, 11) is 4.27. The highest BCUT2D eigenvalue weighted by Gasteiger charge is 2.17. The third-order valence-corrected chi connectivity index (χ3v) is 4.36. The number of rotatable bonds is 7. The average Bonchev–Trinajstić information content (AvgIpc) is 3.19. The van der Waals surface area contributed by atoms with Crippen molar-refractivity contribution in [2.75, 3.05) is 39.9 Å². The number of amides is 1. The second kappa shape index (κ2) is 9.27. The molecule has 1 heterocycles. The third-order valence-electron chi connectivity index (χ3n) is 4.36. The average molecular weight is 414 g/mol. The third kappa shape index (κ3) is 5.06. The van der Waals surface area contributed by atoms with E-state index in [0.717, 1.165) is 5.56 Å². The standard InChI is InChI=1S/C21H22N2O7/c1-23(10-13-4-5-17-18(6-13)30-12-29-17)11-19(24)22-16-8-14(20(25)27-2)7-15(9-16)21(26)28-3/h4-9H,10-12H2,1-3H3,(H,22,24). The number of nitrogens with zero attached hydrogens (tertiary/aromatic N) is 1. The molecule has 1 N–H and O–H groups in total. The van der Waals surface area contributed by atoms with E-state index in [1.807, 2.05) is 23.1 Å². The topological polar surface area (TPSA) is 103 Å². The molecule has 3 rings (SSSR count). The second-order valence-electron chi connectivity index (χ2n) is 6.69. The molecule has 9 heteroatoms. The van der Waals surface area contributed by atoms with Crippen molar-refractivity contribution in [2.24, 2.45) is 0 Å². The molecule has 158 valence electrons. The number of ether oxygens (including phenoxy) is 4. The number of nitrogens with one attached hydrogen (secondary N) is 1. The lowest BCUT2D eigenvalue weighted by Crippen LogP contribution is -2.30. The quantitative estimate of drug-likeness (QED) is 0.687. The van der Waals surface area contributed by atoms with E-state index in [-0.39, 0.29) is 30.4 Å². The molecule has 1 aliphatic rings. The van der Waals surface area contributed by atoms with E-state index in [1.54, 1.807) is 7.05 Å². The van der Waals surface area contributed by atoms with Crippen molar-refractivity contribution >= 4 is 23.5 Å². The molecule has 0 atom stereocenters. The first-order valence-electron chi connectivity index (χ1n) is 9.08. The molecule has 9 nitrogen and oxygen atoms in total. The molecular formula is C21H22N2O7. The highest BCUT2D eigenvalue weighted by molar-refractivity contribution is 5.99. The van der Waals surface area contributed by atoms with Crippen LogP contribution in [0.4, 0.5) is 5.69 Å². The Morgan fingerprint density at radius 1 is 0.967 bits per heavy atom. The number of carbonyl (C=O) groups excluding carboxylic acids is 3. The molecule has 0 saturated carbocycles. The van der Waals surface area contributed by atoms with E-state index in [2.05, 4.69) is 5.32 Å². The minimum atomic E-state index is -0.629. The van der Waals surface area contributed by atoms with Crippen LogP contribution in [0.2, 0.25) is 0 Å². The van der Waals surface area contributed by atoms with Gasteiger partial charge in [0, 0.05) is 12.2 Å². The van der Waals surface area contributed by atoms with Gasteiger partial charge >= 0.3 is 11.9 Å². The fourth-order valence-corrected chi connectivity index (χ4v) is 3.02. The highest BCUT2D eigenvalue weighted by Crippen LogP contribution is 2.32. The first kappa shape index (κ1) is 21.1. The summed E-state index contributed by atoms with van der Waals surface area (Å²) in [4.78, 5) is 38.0. The molecule has 0 unspecified atom stereocenters. The molecule has 0 bridgehead atoms. The van der Waals surface area contributed by atoms with Gasteiger partial charge in [0.1, 0.15) is 0 Å². The van der Waals surface area contributed by atoms with Crippen LogP contribution in [-0.2, 0) is 20.8 Å². The van der Waals surface area contributed by atoms with E-state index < -0.39 is 11.9 Å². The monoisotopic (exact) mass is 414 g/mol. The fraction of sp³-hybridized carbons (Fsp3) is 0.286. The van der Waals surface area contributed by atoms with Gasteiger partial charge in [0.25, 0.3) is 0 Å². The van der Waals surface area contributed by atoms with Gasteiger partial charge in [0.15, 0.2) is 11.5 Å². The van der Waals surface area contributed by atoms with Crippen LogP contribution in [0.25, 0.3) is 0 Å². The number of fused-ring (bicyclic) bond motifs is 1. The lowest BCUT2D eigenvalue weighted by molar-refractivity contribution is -0.117. The molecular weight excluding hydrogens is 392 g/mol. The van der Waals surface area contributed by atoms with Gasteiger partial charge in [-0.25, -0.2) is 9.59 Å². The molecule has 0 spiro atoms. The minimum Gasteiger partial charge on any atom is -0.465 e. The molecule has 0 radical (unpaired) electrons. The van der Waals surface area contributed by atoms with Gasteiger partial charge in [-0.3, -0.25) is 9.69 Å². The Morgan fingerprint density at radius 3 is 2.23 bits per heavy atom. The smallest absolute Gasteiger partial charge is 0.337 e. The van der Waals surface area contributed by atoms with Crippen LogP contribution in [0.5, 0.6) is 11.5 Å². The van der Waals surface area contributed by atoms with Crippen LogP contribution < -0.4 is 14.8 Å². The largest absolute Gasteiger partial charge is 0.465 e. The maximum Gasteiger partial charge on any atom is 0.337 e. The number of benzene rings is 2. The number of hydrogen-bond acceptors (Lipinski definition) is 8. The summed E-state index contributed by atoms with van der Waals surface area (Å²) in [6.45, 7) is 0.805. The molecule has 0 saturated heterocycles. The van der Waals surface area contributed by atoms with E-state index >= 15 is 0 Å². The maximum absolute atomic E-state index is 12.5. The first-order valence-corrected chi connectivity index (χ1v) is 9.08. The number of methoxy groups -OCH3 is 2. The number of anilines is 1. The van der Waals surface area contributed by atoms with Crippen molar-refractivity contribution < 1.29 is 33.3 Å². The summed E-state index contributed by atoms with van der Waals surface area (Å²) in [5.41, 5.74) is 1.52. The summed E-state index contributed by atoms with van der Waals surface area (Å²) in [5.74, 6) is -0.185. The summed E-state index contributed by atoms with van der Waals surface area (Å²) < 4.78 is 20.0. The Labute approximate surface area is 173 Å². The van der Waals surface area contributed by atoms with Gasteiger partial charge in [0.05, 0.1) is 31.9 Å². The van der Waals surface area contributed by atoms with Crippen molar-refractivity contribution in [3.05, 3.63) is 53.1 Å². The SMILES string of the molecule is COC(=O)c1cc(NC(=O)CN(C)Cc2ccc3c(c2)OCO3)cc(C(=O)OC)c1. The van der Waals surface area contributed by atoms with Gasteiger partial charge in [-0.1, -0.05) is 6.07 Å². The van der Waals surface area contributed by atoms with Crippen molar-refractivity contribution in [1.82, 2.24) is 4.90 Å². The molecule has 0 aromatic heterocycles. The van der Waals surface area contributed by atoms with Gasteiger partial charge in [-0.2, -0.15) is 0 Å². The van der Waals surface area contributed by atoms with Crippen molar-refractivity contribution in [2.45, 2.75) is 6.54 Å². The van der Waals surface area contributed by atoms with Crippen LogP contribution in [0.15, 0.2) is 36.4 Å². The number of likely N-dealkylation sites (N-methyl/N-ethyl adjacent to an activating group) is 1. The number of carbonyl (C=O) groups is 3. The summed E-state index contributed by atoms with van der Waals surface area (Å²) >= 11 is 0. The van der Waals surface area contributed by atoms with Crippen molar-refractivity contribution in [3.63, 3.8) is 0 Å². The Bertz CT molecular complexity index is 940. The maximum atomic E-state index is 12.5. The lowest BCUT2D eigenvalue weighted by atomic mass is 10.1. The van der Waals surface area contributed by atoms with Gasteiger partial charge in [-0.05, 0) is 42.9 Å². The molecule has 1 aliphatic heterocycles. The predicted molar refractivity (Wildman–Crippen MR) is 107 cm³/mol. The van der Waals surface area contributed by atoms with Crippen molar-refractivity contribution in [3.8, 4) is 11.5 Å². The van der Waals surface area contributed by atoms with Crippen LogP contribution in [0.3, 0.4) is 0 Å². The Balaban J connectivity index is 1.66. The zero-order valence-corrected chi connectivity index (χ0v) is 16.9. The summed E-state index contributed by atoms with van der Waals surface area (Å²) in [5, 5.41) is 2.70. The van der Waals surface area contributed by atoms with Crippen molar-refractivity contribution in [1.29, 1.82) is 0 Å². The van der Waals surface area contributed by atoms with E-state index in [4.69, 9.17) is 18.9 Å². The van der Waals surface area contributed by atoms with E-state index in [9.17, 15) is 14.4 Å². The zero-order valence-electron chi connectivity index (χ0n) is 16.9. The Hall–Kier alpha value is -3.59. The lowest BCUT2D eigenvalue weighted by Gasteiger charge is -2.17. The normalized spacial score (nSPS) is 11.9. The second-order valence-corrected chi connectivity index (χ2v) is 6.69. The van der Waals surface area contributed by atoms with E-state index in [0.29, 0.717) is 23.7 Å². The summed E-state index contributed by atoms with van der Waals surface area (Å²) in [6, 6.07) is 9.84. The zero-order chi connectivity index (χ0) is 21.7. The Kier molecular flexibility index (Phi) is 6.53. The van der Waals surface area contributed by atoms with Gasteiger partial charge in [0.2, 0.25) is 12.7 Å². The molecule has 2 aromatic rings. The molecule has 30 heavy (non-hydrogen) atoms. The first-order chi connectivity index (χ1) is 14.4. The highest BCUT2D eigenvalue weighted by atomic mass is 16.7. The van der Waals surface area contributed by atoms with E-state index in [1.165, 1.54) is 32.4 Å². The summed E-state index contributed by atoms with van der Waals surface area (Å²) in [6.07, 6.45) is 0. The molecule has 0 fully saturated rings. The fourth-order valence-electron chi connectivity index (χ4n) is 3.02. The minimum absolute atomic E-state index is 0.0877. The Morgan fingerprint density at radius 2 is 1.60 bits per heavy atom. The van der Waals surface area contributed by atoms with Crippen LogP contribution >= 0.6 is 0 Å². The van der Waals surface area contributed by atoms with Gasteiger partial charge < -0.3 is 24.3 Å². The van der Waals surface area contributed by atoms with Crippen LogP contribution in [0, 0.1) is 0 Å². The number of esters is 2. The van der Waals surface area contributed by atoms with Crippen LogP contribution in [0.1, 0.15) is 26.3 Å². The number of hydrogen-bond donors (Lipinski definition) is 1. The van der Waals surface area contributed by atoms with Gasteiger partial charge in [-0.15, -0.1) is 0 Å². The van der Waals surface area contributed by atoms with Crippen LogP contribution in [-0.4, -0.2) is 57.4 Å².